The number of anilines is 1. The van der Waals surface area contributed by atoms with Gasteiger partial charge in [0.15, 0.2) is 0 Å². The molecule has 0 aliphatic heterocycles. The smallest absolute Gasteiger partial charge is 0.247 e. The summed E-state index contributed by atoms with van der Waals surface area (Å²) in [5.41, 5.74) is 2.92. The van der Waals surface area contributed by atoms with Crippen molar-refractivity contribution in [3.63, 3.8) is 0 Å². The van der Waals surface area contributed by atoms with E-state index in [9.17, 15) is 9.59 Å². The van der Waals surface area contributed by atoms with Crippen molar-refractivity contribution in [3.05, 3.63) is 24.3 Å². The van der Waals surface area contributed by atoms with Gasteiger partial charge in [-0.15, -0.1) is 11.8 Å². The van der Waals surface area contributed by atoms with E-state index in [1.807, 2.05) is 38.1 Å². The number of nitrogens with two attached hydrogens (primary N) is 1. The molecule has 1 atom stereocenters. The molecule has 0 saturated carbocycles. The number of nitrogens with one attached hydrogen (secondary N) is 2. The summed E-state index contributed by atoms with van der Waals surface area (Å²) in [5, 5.41) is 2.46. The summed E-state index contributed by atoms with van der Waals surface area (Å²) >= 11 is 1.45. The average molecular weight is 281 g/mol. The lowest BCUT2D eigenvalue weighted by Gasteiger charge is -2.18. The predicted octanol–water partition coefficient (Wildman–Crippen LogP) is 1.75. The molecule has 0 aliphatic rings. The molecule has 104 valence electrons. The van der Waals surface area contributed by atoms with E-state index in [4.69, 9.17) is 5.84 Å². The maximum absolute atomic E-state index is 11.7. The molecule has 1 unspecified atom stereocenters. The van der Waals surface area contributed by atoms with Gasteiger partial charge in [-0.2, -0.15) is 0 Å². The Morgan fingerprint density at radius 1 is 1.21 bits per heavy atom. The molecule has 0 heterocycles. The highest BCUT2D eigenvalue weighted by molar-refractivity contribution is 8.00. The number of carbonyl (C=O) groups excluding carboxylic acids is 2. The maximum atomic E-state index is 11.7. The van der Waals surface area contributed by atoms with E-state index in [-0.39, 0.29) is 23.0 Å². The fourth-order valence-corrected chi connectivity index (χ4v) is 2.57. The number of amides is 2. The second kappa shape index (κ2) is 7.16. The highest BCUT2D eigenvalue weighted by Crippen LogP contribution is 2.29. The Balaban J connectivity index is 2.75. The van der Waals surface area contributed by atoms with E-state index in [1.54, 1.807) is 0 Å². The number of thioether (sulfide) groups is 1. The lowest BCUT2D eigenvalue weighted by Crippen LogP contribution is -2.39. The number of hydrogen-bond donors (Lipinski definition) is 3. The third kappa shape index (κ3) is 4.92. The van der Waals surface area contributed by atoms with Crippen LogP contribution in [0.4, 0.5) is 5.69 Å². The van der Waals surface area contributed by atoms with Crippen molar-refractivity contribution in [1.82, 2.24) is 5.43 Å². The molecule has 0 radical (unpaired) electrons. The molecule has 1 rings (SSSR count). The van der Waals surface area contributed by atoms with Gasteiger partial charge in [-0.3, -0.25) is 15.0 Å². The van der Waals surface area contributed by atoms with E-state index in [0.29, 0.717) is 0 Å². The highest BCUT2D eigenvalue weighted by Gasteiger charge is 2.22. The first-order chi connectivity index (χ1) is 8.93. The number of hydrogen-bond acceptors (Lipinski definition) is 4. The standard InChI is InChI=1S/C13H19N3O2S/c1-8(2)12(13(18)16-14)19-11-6-4-10(5-7-11)15-9(3)17/h4-8,12H,14H2,1-3H3,(H,15,17)(H,16,18). The Hall–Kier alpha value is -1.53. The van der Waals surface area contributed by atoms with Gasteiger partial charge in [0.2, 0.25) is 11.8 Å². The summed E-state index contributed by atoms with van der Waals surface area (Å²) in [5.74, 6) is 5.06. The number of carbonyl (C=O) groups is 2. The van der Waals surface area contributed by atoms with Crippen LogP contribution < -0.4 is 16.6 Å². The molecular formula is C13H19N3O2S. The average Bonchev–Trinajstić information content (AvgIpc) is 2.36. The molecule has 6 heteroatoms. The van der Waals surface area contributed by atoms with Gasteiger partial charge in [-0.05, 0) is 30.2 Å². The van der Waals surface area contributed by atoms with Crippen molar-refractivity contribution in [2.45, 2.75) is 30.9 Å². The van der Waals surface area contributed by atoms with Crippen LogP contribution in [-0.4, -0.2) is 17.1 Å². The molecule has 4 N–H and O–H groups in total. The van der Waals surface area contributed by atoms with Crippen LogP contribution in [0.2, 0.25) is 0 Å². The fourth-order valence-electron chi connectivity index (χ4n) is 1.54. The topological polar surface area (TPSA) is 84.2 Å². The van der Waals surface area contributed by atoms with Crippen molar-refractivity contribution in [1.29, 1.82) is 0 Å². The van der Waals surface area contributed by atoms with Crippen LogP contribution in [0.25, 0.3) is 0 Å². The molecule has 2 amide bonds. The van der Waals surface area contributed by atoms with Crippen molar-refractivity contribution in [2.24, 2.45) is 11.8 Å². The van der Waals surface area contributed by atoms with Gasteiger partial charge in [0, 0.05) is 17.5 Å². The van der Waals surface area contributed by atoms with Gasteiger partial charge in [-0.25, -0.2) is 5.84 Å². The molecule has 0 aliphatic carbocycles. The molecule has 0 spiro atoms. The lowest BCUT2D eigenvalue weighted by atomic mass is 10.1. The summed E-state index contributed by atoms with van der Waals surface area (Å²) < 4.78 is 0. The summed E-state index contributed by atoms with van der Waals surface area (Å²) in [4.78, 5) is 23.5. The summed E-state index contributed by atoms with van der Waals surface area (Å²) in [6, 6.07) is 7.35. The van der Waals surface area contributed by atoms with E-state index >= 15 is 0 Å². The maximum Gasteiger partial charge on any atom is 0.247 e. The molecule has 1 aromatic carbocycles. The largest absolute Gasteiger partial charge is 0.326 e. The Morgan fingerprint density at radius 2 is 1.79 bits per heavy atom. The summed E-state index contributed by atoms with van der Waals surface area (Å²) in [6.45, 7) is 5.40. The lowest BCUT2D eigenvalue weighted by molar-refractivity contribution is -0.121. The molecule has 19 heavy (non-hydrogen) atoms. The van der Waals surface area contributed by atoms with Crippen LogP contribution in [0.5, 0.6) is 0 Å². The van der Waals surface area contributed by atoms with Crippen LogP contribution in [-0.2, 0) is 9.59 Å². The van der Waals surface area contributed by atoms with Crippen LogP contribution in [0.1, 0.15) is 20.8 Å². The van der Waals surface area contributed by atoms with Gasteiger partial charge in [0.25, 0.3) is 0 Å². The zero-order valence-electron chi connectivity index (χ0n) is 11.3. The first-order valence-electron chi connectivity index (χ1n) is 5.98. The fraction of sp³-hybridized carbons (Fsp3) is 0.385. The van der Waals surface area contributed by atoms with Crippen molar-refractivity contribution in [2.75, 3.05) is 5.32 Å². The SMILES string of the molecule is CC(=O)Nc1ccc(SC(C(=O)NN)C(C)C)cc1. The van der Waals surface area contributed by atoms with E-state index in [0.717, 1.165) is 10.6 Å². The molecule has 1 aromatic rings. The monoisotopic (exact) mass is 281 g/mol. The second-order valence-electron chi connectivity index (χ2n) is 4.50. The Labute approximate surface area is 117 Å². The van der Waals surface area contributed by atoms with Gasteiger partial charge in [0.05, 0.1) is 5.25 Å². The molecular weight excluding hydrogens is 262 g/mol. The van der Waals surface area contributed by atoms with Gasteiger partial charge >= 0.3 is 0 Å². The minimum atomic E-state index is -0.239. The Morgan fingerprint density at radius 3 is 2.21 bits per heavy atom. The summed E-state index contributed by atoms with van der Waals surface area (Å²) in [6.07, 6.45) is 0. The van der Waals surface area contributed by atoms with Crippen LogP contribution in [0, 0.1) is 5.92 Å². The number of rotatable bonds is 5. The number of hydrazine groups is 1. The zero-order chi connectivity index (χ0) is 14.4. The third-order valence-corrected chi connectivity index (χ3v) is 4.00. The predicted molar refractivity (Wildman–Crippen MR) is 77.6 cm³/mol. The first kappa shape index (κ1) is 15.5. The minimum absolute atomic E-state index is 0.108. The van der Waals surface area contributed by atoms with Crippen LogP contribution in [0.15, 0.2) is 29.2 Å². The molecule has 5 nitrogen and oxygen atoms in total. The second-order valence-corrected chi connectivity index (χ2v) is 5.71. The minimum Gasteiger partial charge on any atom is -0.326 e. The quantitative estimate of drug-likeness (QED) is 0.332. The van der Waals surface area contributed by atoms with Gasteiger partial charge in [0.1, 0.15) is 0 Å². The Bertz CT molecular complexity index is 446. The van der Waals surface area contributed by atoms with E-state index < -0.39 is 0 Å². The van der Waals surface area contributed by atoms with Crippen molar-refractivity contribution in [3.8, 4) is 0 Å². The normalized spacial score (nSPS) is 12.1. The van der Waals surface area contributed by atoms with E-state index in [2.05, 4.69) is 10.7 Å². The highest BCUT2D eigenvalue weighted by atomic mass is 32.2. The van der Waals surface area contributed by atoms with Crippen molar-refractivity contribution >= 4 is 29.3 Å². The van der Waals surface area contributed by atoms with Gasteiger partial charge < -0.3 is 5.32 Å². The van der Waals surface area contributed by atoms with E-state index in [1.165, 1.54) is 18.7 Å². The summed E-state index contributed by atoms with van der Waals surface area (Å²) in [7, 11) is 0. The first-order valence-corrected chi connectivity index (χ1v) is 6.86. The van der Waals surface area contributed by atoms with Crippen molar-refractivity contribution < 1.29 is 9.59 Å². The van der Waals surface area contributed by atoms with Gasteiger partial charge in [-0.1, -0.05) is 13.8 Å². The Kier molecular flexibility index (Phi) is 5.85. The van der Waals surface area contributed by atoms with Crippen LogP contribution >= 0.6 is 11.8 Å². The molecule has 0 fully saturated rings. The molecule has 0 saturated heterocycles. The molecule has 0 bridgehead atoms. The zero-order valence-corrected chi connectivity index (χ0v) is 12.1. The molecule has 0 aromatic heterocycles. The third-order valence-electron chi connectivity index (χ3n) is 2.44. The number of benzene rings is 1. The van der Waals surface area contributed by atoms with Crippen LogP contribution in [0.3, 0.4) is 0 Å².